The molecule has 0 saturated heterocycles. The van der Waals surface area contributed by atoms with Gasteiger partial charge >= 0.3 is 0 Å². The van der Waals surface area contributed by atoms with Gasteiger partial charge in [-0.3, -0.25) is 4.79 Å². The van der Waals surface area contributed by atoms with Gasteiger partial charge in [-0.1, -0.05) is 28.1 Å². The number of hydrogen-bond donors (Lipinski definition) is 1. The van der Waals surface area contributed by atoms with E-state index in [2.05, 4.69) is 38.3 Å². The Balaban J connectivity index is 1.99. The minimum absolute atomic E-state index is 0.00677. The highest BCUT2D eigenvalue weighted by Gasteiger charge is 2.17. The largest absolute Gasteiger partial charge is 0.268 e. The van der Waals surface area contributed by atoms with Crippen molar-refractivity contribution in [3.05, 3.63) is 61.5 Å². The van der Waals surface area contributed by atoms with Crippen molar-refractivity contribution >= 4 is 15.9 Å². The van der Waals surface area contributed by atoms with Crippen LogP contribution in [0.5, 0.6) is 0 Å². The Kier molecular flexibility index (Phi) is 3.51. The Morgan fingerprint density at radius 1 is 1.21 bits per heavy atom. The molecule has 0 unspecified atom stereocenters. The third-order valence-electron chi connectivity index (χ3n) is 3.64. The van der Waals surface area contributed by atoms with Crippen LogP contribution in [-0.2, 0) is 19.3 Å². The number of nitrogens with zero attached hydrogens (tertiary/aromatic N) is 1. The molecule has 19 heavy (non-hydrogen) atoms. The molecule has 0 amide bonds. The zero-order valence-electron chi connectivity index (χ0n) is 10.6. The van der Waals surface area contributed by atoms with Crippen molar-refractivity contribution in [3.63, 3.8) is 0 Å². The normalized spacial score (nSPS) is 14.2. The molecule has 0 radical (unpaired) electrons. The van der Waals surface area contributed by atoms with Crippen molar-refractivity contribution in [1.82, 2.24) is 10.2 Å². The molecule has 1 heterocycles. The van der Waals surface area contributed by atoms with Gasteiger partial charge in [0.15, 0.2) is 0 Å². The number of nitrogens with one attached hydrogen (secondary N) is 1. The zero-order valence-corrected chi connectivity index (χ0v) is 12.2. The van der Waals surface area contributed by atoms with E-state index in [1.165, 1.54) is 11.1 Å². The third-order valence-corrected chi connectivity index (χ3v) is 4.14. The first-order chi connectivity index (χ1) is 9.24. The van der Waals surface area contributed by atoms with E-state index < -0.39 is 0 Å². The predicted octanol–water partition coefficient (Wildman–Crippen LogP) is 3.00. The Hall–Kier alpha value is -1.42. The van der Waals surface area contributed by atoms with Crippen molar-refractivity contribution in [3.8, 4) is 0 Å². The Morgan fingerprint density at radius 3 is 2.79 bits per heavy atom. The van der Waals surface area contributed by atoms with Gasteiger partial charge in [0, 0.05) is 16.5 Å². The van der Waals surface area contributed by atoms with Crippen molar-refractivity contribution in [2.45, 2.75) is 32.1 Å². The number of H-pyrrole nitrogens is 1. The van der Waals surface area contributed by atoms with Crippen molar-refractivity contribution in [2.24, 2.45) is 0 Å². The molecule has 98 valence electrons. The summed E-state index contributed by atoms with van der Waals surface area (Å²) in [4.78, 5) is 11.8. The van der Waals surface area contributed by atoms with Crippen LogP contribution in [0.4, 0.5) is 0 Å². The predicted molar refractivity (Wildman–Crippen MR) is 78.4 cm³/mol. The molecular weight excluding hydrogens is 304 g/mol. The lowest BCUT2D eigenvalue weighted by atomic mass is 9.90. The van der Waals surface area contributed by atoms with Crippen LogP contribution in [0.1, 0.15) is 35.2 Å². The van der Waals surface area contributed by atoms with Crippen LogP contribution in [0.2, 0.25) is 0 Å². The van der Waals surface area contributed by atoms with Gasteiger partial charge in [0.05, 0.1) is 5.69 Å². The number of aromatic nitrogens is 2. The highest BCUT2D eigenvalue weighted by Crippen LogP contribution is 2.22. The van der Waals surface area contributed by atoms with Crippen LogP contribution in [-0.4, -0.2) is 10.2 Å². The Morgan fingerprint density at radius 2 is 2.00 bits per heavy atom. The summed E-state index contributed by atoms with van der Waals surface area (Å²) in [6.45, 7) is 0. The Labute approximate surface area is 120 Å². The first-order valence-corrected chi connectivity index (χ1v) is 7.37. The molecule has 2 aromatic rings. The molecule has 0 bridgehead atoms. The van der Waals surface area contributed by atoms with Gasteiger partial charge in [-0.05, 0) is 48.9 Å². The van der Waals surface area contributed by atoms with E-state index in [0.717, 1.165) is 47.8 Å². The fourth-order valence-corrected chi connectivity index (χ4v) is 3.16. The van der Waals surface area contributed by atoms with Crippen LogP contribution in [0.3, 0.4) is 0 Å². The Bertz CT molecular complexity index is 663. The van der Waals surface area contributed by atoms with Crippen LogP contribution < -0.4 is 5.56 Å². The minimum Gasteiger partial charge on any atom is -0.268 e. The molecule has 1 N–H and O–H groups in total. The maximum Gasteiger partial charge on any atom is 0.267 e. The fourth-order valence-electron chi connectivity index (χ4n) is 2.71. The summed E-state index contributed by atoms with van der Waals surface area (Å²) in [6, 6.07) is 8.23. The molecule has 0 aliphatic heterocycles. The highest BCUT2D eigenvalue weighted by molar-refractivity contribution is 9.10. The summed E-state index contributed by atoms with van der Waals surface area (Å²) in [6.07, 6.45) is 4.91. The number of halogens is 1. The molecule has 1 aromatic heterocycles. The lowest BCUT2D eigenvalue weighted by Gasteiger charge is -2.17. The molecule has 0 fully saturated rings. The van der Waals surface area contributed by atoms with E-state index in [1.54, 1.807) is 0 Å². The average molecular weight is 319 g/mol. The molecule has 0 saturated carbocycles. The average Bonchev–Trinajstić information content (AvgIpc) is 2.42. The lowest BCUT2D eigenvalue weighted by molar-refractivity contribution is 0.655. The first-order valence-electron chi connectivity index (χ1n) is 6.58. The second-order valence-corrected chi connectivity index (χ2v) is 5.89. The molecule has 3 rings (SSSR count). The van der Waals surface area contributed by atoms with Crippen LogP contribution in [0, 0.1) is 0 Å². The number of fused-ring (bicyclic) bond motifs is 1. The molecule has 1 aliphatic rings. The maximum atomic E-state index is 11.8. The molecule has 0 spiro atoms. The van der Waals surface area contributed by atoms with Crippen molar-refractivity contribution in [1.29, 1.82) is 0 Å². The van der Waals surface area contributed by atoms with Crippen molar-refractivity contribution < 1.29 is 0 Å². The van der Waals surface area contributed by atoms with Crippen LogP contribution in [0.15, 0.2) is 33.5 Å². The number of hydrogen-bond acceptors (Lipinski definition) is 2. The minimum atomic E-state index is -0.00677. The van der Waals surface area contributed by atoms with Gasteiger partial charge in [0.25, 0.3) is 5.56 Å². The van der Waals surface area contributed by atoms with E-state index in [0.29, 0.717) is 0 Å². The quantitative estimate of drug-likeness (QED) is 0.925. The van der Waals surface area contributed by atoms with E-state index in [1.807, 2.05) is 12.1 Å². The van der Waals surface area contributed by atoms with E-state index in [4.69, 9.17) is 0 Å². The molecule has 0 atom stereocenters. The third kappa shape index (κ3) is 2.63. The number of benzene rings is 1. The van der Waals surface area contributed by atoms with Gasteiger partial charge in [0.2, 0.25) is 0 Å². The standard InChI is InChI=1S/C15H15BrN2O/c16-11-5-3-4-10(8-11)9-14-12-6-1-2-7-13(12)15(19)18-17-14/h3-5,8H,1-2,6-7,9H2,(H,18,19). The summed E-state index contributed by atoms with van der Waals surface area (Å²) >= 11 is 3.48. The summed E-state index contributed by atoms with van der Waals surface area (Å²) in [7, 11) is 0. The van der Waals surface area contributed by atoms with Crippen LogP contribution in [0.25, 0.3) is 0 Å². The van der Waals surface area contributed by atoms with E-state index >= 15 is 0 Å². The summed E-state index contributed by atoms with van der Waals surface area (Å²) in [5.41, 5.74) is 4.35. The van der Waals surface area contributed by atoms with E-state index in [9.17, 15) is 4.79 Å². The second kappa shape index (κ2) is 5.29. The van der Waals surface area contributed by atoms with Gasteiger partial charge < -0.3 is 0 Å². The summed E-state index contributed by atoms with van der Waals surface area (Å²) < 4.78 is 1.07. The smallest absolute Gasteiger partial charge is 0.267 e. The maximum absolute atomic E-state index is 11.8. The number of rotatable bonds is 2. The molecule has 1 aliphatic carbocycles. The summed E-state index contributed by atoms with van der Waals surface area (Å²) in [5.74, 6) is 0. The number of aromatic amines is 1. The van der Waals surface area contributed by atoms with E-state index in [-0.39, 0.29) is 5.56 Å². The zero-order chi connectivity index (χ0) is 13.2. The topological polar surface area (TPSA) is 45.8 Å². The van der Waals surface area contributed by atoms with Gasteiger partial charge in [-0.15, -0.1) is 0 Å². The monoisotopic (exact) mass is 318 g/mol. The second-order valence-electron chi connectivity index (χ2n) is 4.97. The SMILES string of the molecule is O=c1[nH]nc(Cc2cccc(Br)c2)c2c1CCCC2. The van der Waals surface area contributed by atoms with Gasteiger partial charge in [0.1, 0.15) is 0 Å². The molecule has 4 heteroatoms. The van der Waals surface area contributed by atoms with Crippen LogP contribution >= 0.6 is 15.9 Å². The highest BCUT2D eigenvalue weighted by atomic mass is 79.9. The molecule has 3 nitrogen and oxygen atoms in total. The summed E-state index contributed by atoms with van der Waals surface area (Å²) in [5, 5.41) is 6.91. The fraction of sp³-hybridized carbons (Fsp3) is 0.333. The lowest BCUT2D eigenvalue weighted by Crippen LogP contribution is -2.23. The van der Waals surface area contributed by atoms with Gasteiger partial charge in [-0.25, -0.2) is 5.10 Å². The van der Waals surface area contributed by atoms with Crippen molar-refractivity contribution in [2.75, 3.05) is 0 Å². The first kappa shape index (κ1) is 12.6. The molecule has 1 aromatic carbocycles. The molecular formula is C15H15BrN2O. The van der Waals surface area contributed by atoms with Gasteiger partial charge in [-0.2, -0.15) is 5.10 Å².